The van der Waals surface area contributed by atoms with Gasteiger partial charge in [-0.1, -0.05) is 23.7 Å². The van der Waals surface area contributed by atoms with Crippen molar-refractivity contribution in [1.82, 2.24) is 9.78 Å². The molecular formula is C13H12ClN3. The molecule has 86 valence electrons. The van der Waals surface area contributed by atoms with Gasteiger partial charge in [-0.3, -0.25) is 0 Å². The van der Waals surface area contributed by atoms with Crippen LogP contribution in [0.15, 0.2) is 18.2 Å². The zero-order valence-electron chi connectivity index (χ0n) is 9.95. The Morgan fingerprint density at radius 3 is 2.59 bits per heavy atom. The van der Waals surface area contributed by atoms with Gasteiger partial charge in [0.1, 0.15) is 11.6 Å². The van der Waals surface area contributed by atoms with Gasteiger partial charge in [-0.15, -0.1) is 0 Å². The molecule has 1 aromatic heterocycles. The summed E-state index contributed by atoms with van der Waals surface area (Å²) in [5, 5.41) is 13.7. The molecule has 0 radical (unpaired) electrons. The first-order valence-electron chi connectivity index (χ1n) is 5.27. The fourth-order valence-corrected chi connectivity index (χ4v) is 2.04. The summed E-state index contributed by atoms with van der Waals surface area (Å²) < 4.78 is 1.62. The third kappa shape index (κ3) is 1.92. The number of benzene rings is 1. The second-order valence-corrected chi connectivity index (χ2v) is 4.42. The summed E-state index contributed by atoms with van der Waals surface area (Å²) >= 11 is 6.17. The summed E-state index contributed by atoms with van der Waals surface area (Å²) in [5.41, 5.74) is 4.21. The Kier molecular flexibility index (Phi) is 2.91. The molecule has 0 fully saturated rings. The third-order valence-corrected chi connectivity index (χ3v) is 3.06. The minimum atomic E-state index is 0.374. The van der Waals surface area contributed by atoms with Crippen LogP contribution in [0.5, 0.6) is 0 Å². The van der Waals surface area contributed by atoms with Crippen molar-refractivity contribution in [3.63, 3.8) is 0 Å². The van der Waals surface area contributed by atoms with E-state index in [-0.39, 0.29) is 0 Å². The summed E-state index contributed by atoms with van der Waals surface area (Å²) in [4.78, 5) is 0. The van der Waals surface area contributed by atoms with Crippen LogP contribution < -0.4 is 0 Å². The van der Waals surface area contributed by atoms with Gasteiger partial charge >= 0.3 is 0 Å². The van der Waals surface area contributed by atoms with Crippen LogP contribution in [0.2, 0.25) is 5.15 Å². The number of hydrogen-bond acceptors (Lipinski definition) is 2. The van der Waals surface area contributed by atoms with Gasteiger partial charge in [-0.2, -0.15) is 10.4 Å². The molecule has 0 aliphatic carbocycles. The second-order valence-electron chi connectivity index (χ2n) is 4.06. The number of aryl methyl sites for hydroxylation is 3. The maximum absolute atomic E-state index is 9.00. The normalized spacial score (nSPS) is 10.3. The van der Waals surface area contributed by atoms with Crippen molar-refractivity contribution in [3.8, 4) is 11.8 Å². The molecule has 1 aromatic carbocycles. The van der Waals surface area contributed by atoms with Gasteiger partial charge in [0.25, 0.3) is 0 Å². The van der Waals surface area contributed by atoms with Crippen molar-refractivity contribution in [1.29, 1.82) is 5.26 Å². The molecule has 1 heterocycles. The Morgan fingerprint density at radius 2 is 2.00 bits per heavy atom. The highest BCUT2D eigenvalue weighted by molar-refractivity contribution is 6.31. The molecule has 0 N–H and O–H groups in total. The van der Waals surface area contributed by atoms with Gasteiger partial charge in [0, 0.05) is 0 Å². The Hall–Kier alpha value is -1.79. The molecule has 0 aliphatic rings. The maximum Gasteiger partial charge on any atom is 0.150 e. The monoisotopic (exact) mass is 245 g/mol. The minimum Gasteiger partial charge on any atom is -0.220 e. The molecule has 2 aromatic rings. The Labute approximate surface area is 105 Å². The zero-order valence-corrected chi connectivity index (χ0v) is 10.7. The van der Waals surface area contributed by atoms with E-state index in [4.69, 9.17) is 16.9 Å². The molecule has 0 aliphatic heterocycles. The number of aromatic nitrogens is 2. The van der Waals surface area contributed by atoms with Gasteiger partial charge in [0.15, 0.2) is 5.15 Å². The standard InChI is InChI=1S/C13H12ClN3/c1-8-4-5-9(2)12(6-8)17-13(14)11(7-15)10(3)16-17/h4-6H,1-3H3. The lowest BCUT2D eigenvalue weighted by molar-refractivity contribution is 0.855. The molecular weight excluding hydrogens is 234 g/mol. The smallest absolute Gasteiger partial charge is 0.150 e. The van der Waals surface area contributed by atoms with Gasteiger partial charge in [0.05, 0.1) is 11.4 Å². The lowest BCUT2D eigenvalue weighted by Gasteiger charge is -2.08. The van der Waals surface area contributed by atoms with E-state index < -0.39 is 0 Å². The van der Waals surface area contributed by atoms with E-state index >= 15 is 0 Å². The molecule has 0 spiro atoms. The predicted octanol–water partition coefficient (Wildman–Crippen LogP) is 3.32. The van der Waals surface area contributed by atoms with Crippen molar-refractivity contribution < 1.29 is 0 Å². The molecule has 17 heavy (non-hydrogen) atoms. The quantitative estimate of drug-likeness (QED) is 0.773. The van der Waals surface area contributed by atoms with Crippen LogP contribution >= 0.6 is 11.6 Å². The lowest BCUT2D eigenvalue weighted by Crippen LogP contribution is -2.00. The first kappa shape index (κ1) is 11.7. The van der Waals surface area contributed by atoms with E-state index in [1.807, 2.05) is 32.0 Å². The number of nitrogens with zero attached hydrogens (tertiary/aromatic N) is 3. The SMILES string of the molecule is Cc1ccc(C)c(-n2nc(C)c(C#N)c2Cl)c1. The van der Waals surface area contributed by atoms with Crippen LogP contribution in [0.3, 0.4) is 0 Å². The fraction of sp³-hybridized carbons (Fsp3) is 0.231. The van der Waals surface area contributed by atoms with E-state index in [0.29, 0.717) is 16.4 Å². The Bertz CT molecular complexity index is 620. The molecule has 0 saturated carbocycles. The van der Waals surface area contributed by atoms with E-state index in [1.165, 1.54) is 0 Å². The molecule has 0 saturated heterocycles. The van der Waals surface area contributed by atoms with E-state index in [2.05, 4.69) is 11.2 Å². The lowest BCUT2D eigenvalue weighted by atomic mass is 10.1. The topological polar surface area (TPSA) is 41.6 Å². The summed E-state index contributed by atoms with van der Waals surface area (Å²) in [7, 11) is 0. The zero-order chi connectivity index (χ0) is 12.6. The highest BCUT2D eigenvalue weighted by Crippen LogP contribution is 2.25. The minimum absolute atomic E-state index is 0.374. The number of nitriles is 1. The molecule has 3 nitrogen and oxygen atoms in total. The van der Waals surface area contributed by atoms with Crippen molar-refractivity contribution in [3.05, 3.63) is 45.7 Å². The summed E-state index contributed by atoms with van der Waals surface area (Å²) in [6.07, 6.45) is 0. The van der Waals surface area contributed by atoms with Gasteiger partial charge in [-0.05, 0) is 38.0 Å². The highest BCUT2D eigenvalue weighted by atomic mass is 35.5. The van der Waals surface area contributed by atoms with E-state index in [1.54, 1.807) is 11.6 Å². The summed E-state index contributed by atoms with van der Waals surface area (Å²) in [5.74, 6) is 0. The highest BCUT2D eigenvalue weighted by Gasteiger charge is 2.15. The molecule has 2 rings (SSSR count). The largest absolute Gasteiger partial charge is 0.220 e. The van der Waals surface area contributed by atoms with Crippen LogP contribution in [-0.2, 0) is 0 Å². The third-order valence-electron chi connectivity index (χ3n) is 2.71. The van der Waals surface area contributed by atoms with Gasteiger partial charge in [0.2, 0.25) is 0 Å². The van der Waals surface area contributed by atoms with Crippen molar-refractivity contribution in [2.24, 2.45) is 0 Å². The average molecular weight is 246 g/mol. The predicted molar refractivity (Wildman–Crippen MR) is 67.5 cm³/mol. The summed E-state index contributed by atoms with van der Waals surface area (Å²) in [6, 6.07) is 8.14. The van der Waals surface area contributed by atoms with Crippen LogP contribution in [-0.4, -0.2) is 9.78 Å². The van der Waals surface area contributed by atoms with Gasteiger partial charge < -0.3 is 0 Å². The second kappa shape index (κ2) is 4.23. The van der Waals surface area contributed by atoms with Crippen molar-refractivity contribution in [2.45, 2.75) is 20.8 Å². The van der Waals surface area contributed by atoms with Crippen LogP contribution in [0, 0.1) is 32.1 Å². The van der Waals surface area contributed by atoms with Crippen molar-refractivity contribution in [2.75, 3.05) is 0 Å². The molecule has 0 atom stereocenters. The van der Waals surface area contributed by atoms with Gasteiger partial charge in [-0.25, -0.2) is 4.68 Å². The molecule has 0 amide bonds. The molecule has 4 heteroatoms. The maximum atomic E-state index is 9.00. The molecule has 0 bridgehead atoms. The number of halogens is 1. The first-order chi connectivity index (χ1) is 8.04. The van der Waals surface area contributed by atoms with Crippen LogP contribution in [0.4, 0.5) is 0 Å². The summed E-state index contributed by atoms with van der Waals surface area (Å²) in [6.45, 7) is 5.79. The molecule has 0 unspecified atom stereocenters. The van der Waals surface area contributed by atoms with Crippen molar-refractivity contribution >= 4 is 11.6 Å². The fourth-order valence-electron chi connectivity index (χ4n) is 1.73. The Morgan fingerprint density at radius 1 is 1.29 bits per heavy atom. The van der Waals surface area contributed by atoms with E-state index in [0.717, 1.165) is 16.8 Å². The number of hydrogen-bond donors (Lipinski definition) is 0. The van der Waals surface area contributed by atoms with Crippen LogP contribution in [0.25, 0.3) is 5.69 Å². The Balaban J connectivity index is 2.70. The average Bonchev–Trinajstić information content (AvgIpc) is 2.57. The van der Waals surface area contributed by atoms with E-state index in [9.17, 15) is 0 Å². The first-order valence-corrected chi connectivity index (χ1v) is 5.65. The van der Waals surface area contributed by atoms with Crippen LogP contribution in [0.1, 0.15) is 22.4 Å². The number of rotatable bonds is 1.